The van der Waals surface area contributed by atoms with E-state index in [0.717, 1.165) is 29.8 Å². The van der Waals surface area contributed by atoms with E-state index in [4.69, 9.17) is 15.4 Å². The average molecular weight is 781 g/mol. The summed E-state index contributed by atoms with van der Waals surface area (Å²) in [7, 11) is -2.24. The van der Waals surface area contributed by atoms with Crippen LogP contribution in [0, 0.1) is 41.5 Å². The molecular weight excluding hydrogens is 712 g/mol. The largest absolute Gasteiger partial charge is 2.00 e. The van der Waals surface area contributed by atoms with Gasteiger partial charge in [-0.2, -0.15) is 5.70 Å². The van der Waals surface area contributed by atoms with E-state index >= 15 is 0 Å². The topological polar surface area (TPSA) is 40.6 Å². The molecule has 0 heterocycles. The summed E-state index contributed by atoms with van der Waals surface area (Å²) < 4.78 is 5.70. The number of hydrogen-bond acceptors (Lipinski definition) is 1. The van der Waals surface area contributed by atoms with Gasteiger partial charge in [-0.15, -0.1) is 17.1 Å². The van der Waals surface area contributed by atoms with Crippen LogP contribution in [0.4, 0.5) is 17.1 Å². The van der Waals surface area contributed by atoms with Gasteiger partial charge in [-0.05, 0) is 129 Å². The Hall–Kier alpha value is -2.08. The zero-order valence-electron chi connectivity index (χ0n) is 34.9. The first-order chi connectivity index (χ1) is 24.1. The molecule has 3 nitrogen and oxygen atoms in total. The normalized spacial score (nSPS) is 14.8. The number of nitrogens with zero attached hydrogens (tertiary/aromatic N) is 3. The third kappa shape index (κ3) is 9.96. The van der Waals surface area contributed by atoms with Gasteiger partial charge in [0.25, 0.3) is 0 Å². The van der Waals surface area contributed by atoms with Crippen LogP contribution in [0.2, 0.25) is 0 Å². The van der Waals surface area contributed by atoms with Crippen LogP contribution in [-0.4, -0.2) is 22.6 Å². The number of hydrogen-bond donors (Lipinski definition) is 0. The van der Waals surface area contributed by atoms with Crippen molar-refractivity contribution in [2.24, 2.45) is 4.74 Å². The van der Waals surface area contributed by atoms with Crippen LogP contribution in [-0.2, 0) is 17.1 Å². The predicted molar refractivity (Wildman–Crippen MR) is 233 cm³/mol. The molecule has 3 aromatic carbocycles. The second kappa shape index (κ2) is 19.5. The van der Waals surface area contributed by atoms with Gasteiger partial charge in [-0.3, -0.25) is 4.74 Å². The van der Waals surface area contributed by atoms with Gasteiger partial charge in [0, 0.05) is 21.4 Å². The molecule has 0 aromatic heterocycles. The van der Waals surface area contributed by atoms with Gasteiger partial charge in [0.15, 0.2) is 0 Å². The molecule has 5 rings (SSSR count). The number of allylic oxidation sites excluding steroid dienone is 4. The number of aryl methyl sites for hydroxylation is 6. The first kappa shape index (κ1) is 44.3. The van der Waals surface area contributed by atoms with Crippen molar-refractivity contribution in [3.05, 3.63) is 121 Å². The van der Waals surface area contributed by atoms with Crippen molar-refractivity contribution in [1.82, 2.24) is 0 Å². The van der Waals surface area contributed by atoms with E-state index in [1.54, 1.807) is 10.6 Å². The quantitative estimate of drug-likeness (QED) is 0.137. The van der Waals surface area contributed by atoms with E-state index in [9.17, 15) is 0 Å². The predicted octanol–water partition coefficient (Wildman–Crippen LogP) is 16.4. The molecule has 0 unspecified atom stereocenters. The van der Waals surface area contributed by atoms with Crippen molar-refractivity contribution in [2.75, 3.05) is 0 Å². The van der Waals surface area contributed by atoms with Crippen LogP contribution in [0.1, 0.15) is 127 Å². The number of para-hydroxylation sites is 2. The van der Waals surface area contributed by atoms with Crippen molar-refractivity contribution in [1.29, 1.82) is 0 Å². The van der Waals surface area contributed by atoms with Crippen molar-refractivity contribution in [2.45, 2.75) is 158 Å². The van der Waals surface area contributed by atoms with Crippen LogP contribution in [0.15, 0.2) is 81.4 Å². The molecule has 0 spiro atoms. The van der Waals surface area contributed by atoms with E-state index in [1.165, 1.54) is 81.8 Å². The molecule has 0 atom stereocenters. The van der Waals surface area contributed by atoms with Gasteiger partial charge in [0.1, 0.15) is 0 Å². The van der Waals surface area contributed by atoms with Gasteiger partial charge in [0.05, 0.1) is 22.3 Å². The monoisotopic (exact) mass is 780 g/mol. The third-order valence-electron chi connectivity index (χ3n) is 11.0. The Bertz CT molecular complexity index is 1720. The SMILES string of the molecule is Cc1cccc(C)c1N=P(C1=C([N-]c2c(C)cccc2C)CCC1)(C(C)C)C(C)C.Cc1cccc(C)c1[N-]C1=C([PH+](C(C)C)C(C)C)CCC1.[Fe+2]. The molecule has 3 aromatic rings. The molecule has 0 amide bonds. The maximum atomic E-state index is 5.70. The van der Waals surface area contributed by atoms with Crippen LogP contribution < -0.4 is 0 Å². The summed E-state index contributed by atoms with van der Waals surface area (Å²) in [6.45, 7) is 32.2. The first-order valence-corrected chi connectivity index (χ1v) is 23.2. The molecule has 0 fully saturated rings. The Morgan fingerprint density at radius 3 is 1.35 bits per heavy atom. The van der Waals surface area contributed by atoms with Crippen molar-refractivity contribution in [3.8, 4) is 0 Å². The zero-order chi connectivity index (χ0) is 37.6. The Kier molecular flexibility index (Phi) is 16.6. The zero-order valence-corrected chi connectivity index (χ0v) is 37.9. The summed E-state index contributed by atoms with van der Waals surface area (Å²) in [5.41, 5.74) is 16.6. The van der Waals surface area contributed by atoms with Crippen molar-refractivity contribution < 1.29 is 17.1 Å². The Morgan fingerprint density at radius 2 is 0.923 bits per heavy atom. The molecule has 6 heteroatoms. The summed E-state index contributed by atoms with van der Waals surface area (Å²) in [6.07, 6.45) is 7.18. The maximum Gasteiger partial charge on any atom is 2.00 e. The summed E-state index contributed by atoms with van der Waals surface area (Å²) in [4.78, 5) is 0. The fourth-order valence-corrected chi connectivity index (χ4v) is 17.1. The van der Waals surface area contributed by atoms with Crippen molar-refractivity contribution >= 4 is 32.0 Å². The van der Waals surface area contributed by atoms with E-state index in [2.05, 4.69) is 152 Å². The van der Waals surface area contributed by atoms with E-state index in [-0.39, 0.29) is 17.1 Å². The summed E-state index contributed by atoms with van der Waals surface area (Å²) in [5, 5.41) is 13.7. The van der Waals surface area contributed by atoms with Crippen molar-refractivity contribution in [3.63, 3.8) is 0 Å². The average Bonchev–Trinajstić information content (AvgIpc) is 3.70. The smallest absolute Gasteiger partial charge is 0.661 e. The van der Waals surface area contributed by atoms with Crippen LogP contribution in [0.25, 0.3) is 10.6 Å². The minimum atomic E-state index is -1.78. The Labute approximate surface area is 331 Å². The molecule has 52 heavy (non-hydrogen) atoms. The van der Waals surface area contributed by atoms with Gasteiger partial charge in [0.2, 0.25) is 0 Å². The van der Waals surface area contributed by atoms with Gasteiger partial charge >= 0.3 is 17.1 Å². The molecule has 0 radical (unpaired) electrons. The Morgan fingerprint density at radius 1 is 0.538 bits per heavy atom. The molecule has 2 aliphatic rings. The minimum Gasteiger partial charge on any atom is -0.661 e. The minimum absolute atomic E-state index is 0. The standard InChI is InChI=1S/C27H38N2P.C19H29NP.Fe/c1-18(2)30(19(3)4,29-27-22(7)14-10-15-23(27)8)25-17-11-16-24(25)28-26-20(5)12-9-13-21(26)6;1-13(2)21(14(3)4)18-12-8-11-17(18)20-19-15(5)9-7-10-16(19)6;/h9-10,12-15,18-19H,11,16-17H2,1-8H3;7,9-10,13-14H,8,11-12H2,1-6H3;/q2*-1;+2/p+1. The van der Waals surface area contributed by atoms with E-state index < -0.39 is 15.0 Å². The Balaban J connectivity index is 0.000000292. The summed E-state index contributed by atoms with van der Waals surface area (Å²) >= 11 is 0. The molecule has 0 saturated carbocycles. The molecule has 0 N–H and O–H groups in total. The third-order valence-corrected chi connectivity index (χ3v) is 19.8. The van der Waals surface area contributed by atoms with E-state index in [0.29, 0.717) is 11.3 Å². The fraction of sp³-hybridized carbons (Fsp3) is 0.522. The molecule has 284 valence electrons. The second-order valence-corrected chi connectivity index (χ2v) is 24.4. The summed E-state index contributed by atoms with van der Waals surface area (Å²) in [6, 6.07) is 19.5. The maximum absolute atomic E-state index is 5.70. The summed E-state index contributed by atoms with van der Waals surface area (Å²) in [5.74, 6) is 0. The number of benzene rings is 3. The molecule has 2 aliphatic carbocycles. The molecule has 0 bridgehead atoms. The number of rotatable bonds is 11. The molecule has 0 saturated heterocycles. The van der Waals surface area contributed by atoms with Gasteiger partial charge in [-0.25, -0.2) is 0 Å². The van der Waals surface area contributed by atoms with Gasteiger partial charge in [-0.1, -0.05) is 105 Å². The van der Waals surface area contributed by atoms with Crippen LogP contribution >= 0.6 is 15.0 Å². The van der Waals surface area contributed by atoms with E-state index in [1.807, 2.05) is 0 Å². The molecular formula is C46H68FeN3P2+. The van der Waals surface area contributed by atoms with Crippen LogP contribution in [0.5, 0.6) is 0 Å². The van der Waals surface area contributed by atoms with Gasteiger partial charge < -0.3 is 10.6 Å². The molecule has 0 aliphatic heterocycles. The van der Waals surface area contributed by atoms with Crippen LogP contribution in [0.3, 0.4) is 0 Å². The first-order valence-electron chi connectivity index (χ1n) is 19.7. The second-order valence-electron chi connectivity index (χ2n) is 16.3. The fourth-order valence-electron chi connectivity index (χ4n) is 8.62.